The van der Waals surface area contributed by atoms with Crippen LogP contribution in [0.3, 0.4) is 0 Å². The van der Waals surface area contributed by atoms with Crippen LogP contribution >= 0.6 is 0 Å². The van der Waals surface area contributed by atoms with Gasteiger partial charge in [0.2, 0.25) is 0 Å². The first-order valence-electron chi connectivity index (χ1n) is 6.12. The number of aryl methyl sites for hydroxylation is 2. The van der Waals surface area contributed by atoms with E-state index in [0.29, 0.717) is 5.56 Å². The molecule has 0 fully saturated rings. The summed E-state index contributed by atoms with van der Waals surface area (Å²) < 4.78 is 40.2. The Bertz CT molecular complexity index is 641. The van der Waals surface area contributed by atoms with E-state index in [0.717, 1.165) is 17.2 Å². The van der Waals surface area contributed by atoms with E-state index in [1.54, 1.807) is 6.07 Å². The molecule has 1 unspecified atom stereocenters. The van der Waals surface area contributed by atoms with E-state index in [4.69, 9.17) is 5.84 Å². The highest BCUT2D eigenvalue weighted by molar-refractivity contribution is 5.39. The molecule has 0 saturated carbocycles. The van der Waals surface area contributed by atoms with Gasteiger partial charge in [0.25, 0.3) is 0 Å². The summed E-state index contributed by atoms with van der Waals surface area (Å²) >= 11 is 0. The summed E-state index contributed by atoms with van der Waals surface area (Å²) in [6, 6.07) is 6.89. The van der Waals surface area contributed by atoms with Gasteiger partial charge in [-0.3, -0.25) is 5.84 Å². The van der Waals surface area contributed by atoms with Crippen LogP contribution in [0.1, 0.15) is 28.3 Å². The van der Waals surface area contributed by atoms with E-state index in [9.17, 15) is 13.2 Å². The van der Waals surface area contributed by atoms with Crippen molar-refractivity contribution in [2.24, 2.45) is 5.84 Å². The highest BCUT2D eigenvalue weighted by atomic mass is 19.2. The minimum Gasteiger partial charge on any atom is -0.271 e. The fourth-order valence-corrected chi connectivity index (χ4v) is 2.26. The summed E-state index contributed by atoms with van der Waals surface area (Å²) in [6.07, 6.45) is 0. The van der Waals surface area contributed by atoms with Gasteiger partial charge in [0.05, 0.1) is 6.04 Å². The van der Waals surface area contributed by atoms with Gasteiger partial charge < -0.3 is 0 Å². The molecule has 1 atom stereocenters. The first kappa shape index (κ1) is 14.6. The van der Waals surface area contributed by atoms with E-state index in [2.05, 4.69) is 5.43 Å². The van der Waals surface area contributed by atoms with Gasteiger partial charge in [-0.2, -0.15) is 0 Å². The smallest absolute Gasteiger partial charge is 0.194 e. The predicted molar refractivity (Wildman–Crippen MR) is 71.4 cm³/mol. The monoisotopic (exact) mass is 280 g/mol. The number of halogens is 3. The molecular formula is C15H15F3N2. The summed E-state index contributed by atoms with van der Waals surface area (Å²) in [5.74, 6) is 1.53. The molecule has 0 spiro atoms. The second-order valence-corrected chi connectivity index (χ2v) is 4.72. The molecule has 0 aromatic heterocycles. The summed E-state index contributed by atoms with van der Waals surface area (Å²) in [5.41, 5.74) is 5.07. The molecule has 2 nitrogen and oxygen atoms in total. The third kappa shape index (κ3) is 2.55. The molecule has 106 valence electrons. The van der Waals surface area contributed by atoms with Crippen LogP contribution in [-0.4, -0.2) is 0 Å². The molecule has 3 N–H and O–H groups in total. The number of nitrogens with one attached hydrogen (secondary N) is 1. The number of benzene rings is 2. The Balaban J connectivity index is 2.55. The number of rotatable bonds is 3. The highest BCUT2D eigenvalue weighted by Gasteiger charge is 2.22. The van der Waals surface area contributed by atoms with Crippen LogP contribution in [0.4, 0.5) is 13.2 Å². The third-order valence-electron chi connectivity index (χ3n) is 3.28. The lowest BCUT2D eigenvalue weighted by Crippen LogP contribution is -2.30. The van der Waals surface area contributed by atoms with Gasteiger partial charge in [-0.1, -0.05) is 29.8 Å². The molecular weight excluding hydrogens is 265 g/mol. The van der Waals surface area contributed by atoms with Crippen LogP contribution in [-0.2, 0) is 0 Å². The van der Waals surface area contributed by atoms with E-state index in [1.807, 2.05) is 26.0 Å². The normalized spacial score (nSPS) is 12.5. The number of hydrazine groups is 1. The Morgan fingerprint density at radius 2 is 1.60 bits per heavy atom. The van der Waals surface area contributed by atoms with Gasteiger partial charge in [0.15, 0.2) is 17.5 Å². The zero-order chi connectivity index (χ0) is 14.9. The minimum atomic E-state index is -1.49. The molecule has 0 aliphatic heterocycles. The van der Waals surface area contributed by atoms with Gasteiger partial charge in [-0.05, 0) is 31.0 Å². The van der Waals surface area contributed by atoms with Crippen LogP contribution in [0.5, 0.6) is 0 Å². The van der Waals surface area contributed by atoms with Gasteiger partial charge in [0.1, 0.15) is 0 Å². The summed E-state index contributed by atoms with van der Waals surface area (Å²) in [6.45, 7) is 3.78. The van der Waals surface area contributed by atoms with E-state index < -0.39 is 23.5 Å². The van der Waals surface area contributed by atoms with Crippen molar-refractivity contribution in [1.82, 2.24) is 5.43 Å². The average Bonchev–Trinajstić information content (AvgIpc) is 2.41. The quantitative estimate of drug-likeness (QED) is 0.514. The van der Waals surface area contributed by atoms with E-state index in [1.165, 1.54) is 6.07 Å². The second-order valence-electron chi connectivity index (χ2n) is 4.72. The molecule has 0 aliphatic carbocycles. The Hall–Kier alpha value is -1.85. The maximum atomic E-state index is 13.9. The van der Waals surface area contributed by atoms with E-state index >= 15 is 0 Å². The van der Waals surface area contributed by atoms with Crippen LogP contribution in [0.25, 0.3) is 0 Å². The van der Waals surface area contributed by atoms with Crippen molar-refractivity contribution in [2.75, 3.05) is 0 Å². The van der Waals surface area contributed by atoms with Gasteiger partial charge in [0, 0.05) is 5.56 Å². The predicted octanol–water partition coefficient (Wildman–Crippen LogP) is 3.27. The van der Waals surface area contributed by atoms with Gasteiger partial charge in [-0.25, -0.2) is 18.6 Å². The molecule has 2 aromatic rings. The maximum absolute atomic E-state index is 13.9. The molecule has 20 heavy (non-hydrogen) atoms. The van der Waals surface area contributed by atoms with Crippen molar-refractivity contribution in [3.63, 3.8) is 0 Å². The van der Waals surface area contributed by atoms with Crippen molar-refractivity contribution in [3.05, 3.63) is 70.0 Å². The number of nitrogens with two attached hydrogens (primary N) is 1. The van der Waals surface area contributed by atoms with Gasteiger partial charge >= 0.3 is 0 Å². The van der Waals surface area contributed by atoms with Crippen LogP contribution < -0.4 is 11.3 Å². The van der Waals surface area contributed by atoms with Crippen molar-refractivity contribution in [3.8, 4) is 0 Å². The molecule has 0 saturated heterocycles. The van der Waals surface area contributed by atoms with Gasteiger partial charge in [-0.15, -0.1) is 0 Å². The fraction of sp³-hybridized carbons (Fsp3) is 0.200. The van der Waals surface area contributed by atoms with Crippen molar-refractivity contribution in [2.45, 2.75) is 19.9 Å². The standard InChI is InChI=1S/C15H15F3N2/c1-8-3-4-10(9(2)7-8)15(20-19)11-5-6-12(16)14(18)13(11)17/h3-7,15,20H,19H2,1-2H3. The van der Waals surface area contributed by atoms with Crippen LogP contribution in [0.15, 0.2) is 30.3 Å². The highest BCUT2D eigenvalue weighted by Crippen LogP contribution is 2.28. The zero-order valence-corrected chi connectivity index (χ0v) is 11.2. The lowest BCUT2D eigenvalue weighted by Gasteiger charge is -2.20. The summed E-state index contributed by atoms with van der Waals surface area (Å²) in [7, 11) is 0. The summed E-state index contributed by atoms with van der Waals surface area (Å²) in [5, 5.41) is 0. The van der Waals surface area contributed by atoms with Crippen molar-refractivity contribution >= 4 is 0 Å². The minimum absolute atomic E-state index is 0.0293. The van der Waals surface area contributed by atoms with Crippen LogP contribution in [0.2, 0.25) is 0 Å². The molecule has 0 heterocycles. The maximum Gasteiger partial charge on any atom is 0.194 e. The third-order valence-corrected chi connectivity index (χ3v) is 3.28. The Kier molecular flexibility index (Phi) is 4.11. The van der Waals surface area contributed by atoms with Crippen molar-refractivity contribution < 1.29 is 13.2 Å². The zero-order valence-electron chi connectivity index (χ0n) is 11.2. The molecule has 5 heteroatoms. The molecule has 0 radical (unpaired) electrons. The van der Waals surface area contributed by atoms with Crippen LogP contribution in [0, 0.1) is 31.3 Å². The topological polar surface area (TPSA) is 38.0 Å². The Labute approximate surface area is 115 Å². The second kappa shape index (κ2) is 5.64. The first-order chi connectivity index (χ1) is 9.45. The van der Waals surface area contributed by atoms with E-state index in [-0.39, 0.29) is 5.56 Å². The first-order valence-corrected chi connectivity index (χ1v) is 6.12. The number of hydrogen-bond acceptors (Lipinski definition) is 2. The largest absolute Gasteiger partial charge is 0.271 e. The SMILES string of the molecule is Cc1ccc(C(NN)c2ccc(F)c(F)c2F)c(C)c1. The fourth-order valence-electron chi connectivity index (χ4n) is 2.26. The average molecular weight is 280 g/mol. The summed E-state index contributed by atoms with van der Waals surface area (Å²) in [4.78, 5) is 0. The molecule has 0 aliphatic rings. The molecule has 0 amide bonds. The Morgan fingerprint density at radius 1 is 0.950 bits per heavy atom. The van der Waals surface area contributed by atoms with Crippen molar-refractivity contribution in [1.29, 1.82) is 0 Å². The molecule has 0 bridgehead atoms. The number of hydrogen-bond donors (Lipinski definition) is 2. The molecule has 2 aromatic carbocycles. The lowest BCUT2D eigenvalue weighted by molar-refractivity contribution is 0.433. The lowest BCUT2D eigenvalue weighted by atomic mass is 9.94. The Morgan fingerprint density at radius 3 is 2.20 bits per heavy atom. The molecule has 2 rings (SSSR count).